The van der Waals surface area contributed by atoms with Gasteiger partial charge in [-0.2, -0.15) is 0 Å². The molecule has 0 spiro atoms. The predicted octanol–water partition coefficient (Wildman–Crippen LogP) is 0.700. The van der Waals surface area contributed by atoms with E-state index in [0.29, 0.717) is 31.4 Å². The molecule has 9 nitrogen and oxygen atoms in total. The number of piperazine rings is 1. The average molecular weight is 353 g/mol. The Balaban J connectivity index is 1.52. The standard InChI is InChI=1S/C14H19N5O4S/c1-2-14-7-18(5-6-19(14)13(22)23-8-14)11(21)4-3-10(20)16-12-17-15-9-24-12/h9H,2-8H2,1H3,(H,16,17,20). The summed E-state index contributed by atoms with van der Waals surface area (Å²) in [5.74, 6) is -0.349. The van der Waals surface area contributed by atoms with Crippen LogP contribution >= 0.6 is 11.3 Å². The number of fused-ring (bicyclic) bond motifs is 1. The lowest BCUT2D eigenvalue weighted by atomic mass is 9.92. The lowest BCUT2D eigenvalue weighted by molar-refractivity contribution is -0.136. The molecule has 1 unspecified atom stereocenters. The third kappa shape index (κ3) is 3.18. The summed E-state index contributed by atoms with van der Waals surface area (Å²) in [7, 11) is 0. The van der Waals surface area contributed by atoms with Crippen molar-refractivity contribution in [3.63, 3.8) is 0 Å². The van der Waals surface area contributed by atoms with Crippen LogP contribution in [0.3, 0.4) is 0 Å². The number of carbonyl (C=O) groups excluding carboxylic acids is 3. The lowest BCUT2D eigenvalue weighted by Gasteiger charge is -2.44. The van der Waals surface area contributed by atoms with Gasteiger partial charge < -0.3 is 15.0 Å². The summed E-state index contributed by atoms with van der Waals surface area (Å²) in [6.45, 7) is 3.68. The molecule has 3 rings (SSSR count). The van der Waals surface area contributed by atoms with Crippen LogP contribution in [-0.2, 0) is 14.3 Å². The number of nitrogens with one attached hydrogen (secondary N) is 1. The van der Waals surface area contributed by atoms with Crippen LogP contribution < -0.4 is 5.32 Å². The summed E-state index contributed by atoms with van der Waals surface area (Å²) >= 11 is 1.23. The number of cyclic esters (lactones) is 1. The first kappa shape index (κ1) is 16.6. The molecule has 0 bridgehead atoms. The Kier molecular flexibility index (Phi) is 4.65. The SMILES string of the molecule is CCC12COC(=O)N1CCN(C(=O)CCC(=O)Nc1nncs1)C2. The number of aromatic nitrogens is 2. The number of nitrogens with zero attached hydrogens (tertiary/aromatic N) is 4. The van der Waals surface area contributed by atoms with Crippen LogP contribution in [0.15, 0.2) is 5.51 Å². The summed E-state index contributed by atoms with van der Waals surface area (Å²) in [6.07, 6.45) is 0.632. The highest BCUT2D eigenvalue weighted by Crippen LogP contribution is 2.31. The van der Waals surface area contributed by atoms with Gasteiger partial charge in [-0.3, -0.25) is 14.5 Å². The van der Waals surface area contributed by atoms with Crippen molar-refractivity contribution in [2.45, 2.75) is 31.7 Å². The smallest absolute Gasteiger partial charge is 0.410 e. The lowest BCUT2D eigenvalue weighted by Crippen LogP contribution is -2.62. The quantitative estimate of drug-likeness (QED) is 0.835. The summed E-state index contributed by atoms with van der Waals surface area (Å²) in [6, 6.07) is 0. The Bertz CT molecular complexity index is 637. The third-order valence-corrected chi connectivity index (χ3v) is 5.13. The van der Waals surface area contributed by atoms with E-state index in [1.54, 1.807) is 9.80 Å². The highest BCUT2D eigenvalue weighted by molar-refractivity contribution is 7.13. The zero-order valence-electron chi connectivity index (χ0n) is 13.4. The summed E-state index contributed by atoms with van der Waals surface area (Å²) in [4.78, 5) is 39.4. The molecule has 3 amide bonds. The van der Waals surface area contributed by atoms with E-state index in [0.717, 1.165) is 6.42 Å². The Morgan fingerprint density at radius 3 is 2.96 bits per heavy atom. The van der Waals surface area contributed by atoms with E-state index in [-0.39, 0.29) is 30.7 Å². The van der Waals surface area contributed by atoms with E-state index in [1.165, 1.54) is 16.8 Å². The molecular weight excluding hydrogens is 334 g/mol. The van der Waals surface area contributed by atoms with Crippen molar-refractivity contribution < 1.29 is 19.1 Å². The van der Waals surface area contributed by atoms with Gasteiger partial charge in [0.1, 0.15) is 12.1 Å². The Hall–Kier alpha value is -2.23. The molecule has 1 N–H and O–H groups in total. The minimum Gasteiger partial charge on any atom is -0.447 e. The zero-order chi connectivity index (χ0) is 17.2. The minimum atomic E-state index is -0.431. The fourth-order valence-corrected chi connectivity index (χ4v) is 3.53. The van der Waals surface area contributed by atoms with Gasteiger partial charge in [0.05, 0.1) is 5.54 Å². The van der Waals surface area contributed by atoms with E-state index < -0.39 is 5.54 Å². The van der Waals surface area contributed by atoms with Gasteiger partial charge in [0, 0.05) is 32.5 Å². The monoisotopic (exact) mass is 353 g/mol. The molecule has 0 aliphatic carbocycles. The maximum Gasteiger partial charge on any atom is 0.410 e. The molecule has 1 aromatic rings. The molecule has 2 aliphatic heterocycles. The van der Waals surface area contributed by atoms with Crippen LogP contribution in [0.2, 0.25) is 0 Å². The molecule has 24 heavy (non-hydrogen) atoms. The van der Waals surface area contributed by atoms with E-state index >= 15 is 0 Å². The topological polar surface area (TPSA) is 105 Å². The Labute approximate surface area is 143 Å². The molecule has 2 fully saturated rings. The molecule has 10 heteroatoms. The van der Waals surface area contributed by atoms with Crippen molar-refractivity contribution in [2.24, 2.45) is 0 Å². The second-order valence-corrected chi connectivity index (χ2v) is 6.72. The van der Waals surface area contributed by atoms with Gasteiger partial charge in [0.25, 0.3) is 0 Å². The van der Waals surface area contributed by atoms with Crippen molar-refractivity contribution in [1.29, 1.82) is 0 Å². The fourth-order valence-electron chi connectivity index (χ4n) is 3.07. The number of rotatable bonds is 5. The van der Waals surface area contributed by atoms with E-state index in [2.05, 4.69) is 15.5 Å². The number of anilines is 1. The van der Waals surface area contributed by atoms with Crippen molar-refractivity contribution in [1.82, 2.24) is 20.0 Å². The molecule has 3 heterocycles. The van der Waals surface area contributed by atoms with Gasteiger partial charge >= 0.3 is 6.09 Å². The van der Waals surface area contributed by atoms with Crippen LogP contribution in [0, 0.1) is 0 Å². The van der Waals surface area contributed by atoms with E-state index in [1.807, 2.05) is 6.92 Å². The molecule has 1 atom stereocenters. The van der Waals surface area contributed by atoms with Crippen LogP contribution in [0.25, 0.3) is 0 Å². The highest BCUT2D eigenvalue weighted by Gasteiger charge is 2.50. The second kappa shape index (κ2) is 6.71. The average Bonchev–Trinajstić information content (AvgIpc) is 3.21. The number of amides is 3. The van der Waals surface area contributed by atoms with Crippen LogP contribution in [0.1, 0.15) is 26.2 Å². The minimum absolute atomic E-state index is 0.0887. The largest absolute Gasteiger partial charge is 0.447 e. The zero-order valence-corrected chi connectivity index (χ0v) is 14.2. The molecular formula is C14H19N5O4S. The predicted molar refractivity (Wildman–Crippen MR) is 85.4 cm³/mol. The molecule has 2 aliphatic rings. The van der Waals surface area contributed by atoms with Gasteiger partial charge in [-0.15, -0.1) is 10.2 Å². The summed E-state index contributed by atoms with van der Waals surface area (Å²) in [5.41, 5.74) is 1.09. The van der Waals surface area contributed by atoms with Crippen LogP contribution in [0.4, 0.5) is 9.93 Å². The fraction of sp³-hybridized carbons (Fsp3) is 0.643. The normalized spacial score (nSPS) is 23.0. The van der Waals surface area contributed by atoms with Crippen molar-refractivity contribution in [3.05, 3.63) is 5.51 Å². The van der Waals surface area contributed by atoms with Crippen molar-refractivity contribution >= 4 is 34.4 Å². The number of carbonyl (C=O) groups is 3. The van der Waals surface area contributed by atoms with Crippen molar-refractivity contribution in [3.8, 4) is 0 Å². The van der Waals surface area contributed by atoms with Gasteiger partial charge in [-0.1, -0.05) is 18.3 Å². The van der Waals surface area contributed by atoms with Crippen LogP contribution in [0.5, 0.6) is 0 Å². The molecule has 2 saturated heterocycles. The first-order valence-electron chi connectivity index (χ1n) is 7.82. The van der Waals surface area contributed by atoms with Gasteiger partial charge in [-0.25, -0.2) is 4.79 Å². The van der Waals surface area contributed by atoms with Gasteiger partial charge in [-0.05, 0) is 6.42 Å². The van der Waals surface area contributed by atoms with E-state index in [9.17, 15) is 14.4 Å². The molecule has 1 aromatic heterocycles. The summed E-state index contributed by atoms with van der Waals surface area (Å²) < 4.78 is 5.15. The maximum absolute atomic E-state index is 12.4. The molecule has 0 radical (unpaired) electrons. The van der Waals surface area contributed by atoms with Gasteiger partial charge in [0.15, 0.2) is 0 Å². The van der Waals surface area contributed by atoms with E-state index in [4.69, 9.17) is 4.74 Å². The third-order valence-electron chi connectivity index (χ3n) is 4.52. The first-order valence-corrected chi connectivity index (χ1v) is 8.70. The van der Waals surface area contributed by atoms with Crippen LogP contribution in [-0.4, -0.2) is 69.7 Å². The number of ether oxygens (including phenoxy) is 1. The highest BCUT2D eigenvalue weighted by atomic mass is 32.1. The Morgan fingerprint density at radius 1 is 1.42 bits per heavy atom. The van der Waals surface area contributed by atoms with Gasteiger partial charge in [0.2, 0.25) is 16.9 Å². The molecule has 130 valence electrons. The molecule has 0 aromatic carbocycles. The maximum atomic E-state index is 12.4. The second-order valence-electron chi connectivity index (χ2n) is 5.89. The summed E-state index contributed by atoms with van der Waals surface area (Å²) in [5, 5.41) is 10.4. The first-order chi connectivity index (χ1) is 11.5. The van der Waals surface area contributed by atoms with Crippen molar-refractivity contribution in [2.75, 3.05) is 31.6 Å². The number of hydrogen-bond acceptors (Lipinski definition) is 7. The molecule has 0 saturated carbocycles. The number of hydrogen-bond donors (Lipinski definition) is 1. The Morgan fingerprint density at radius 2 is 2.25 bits per heavy atom.